The summed E-state index contributed by atoms with van der Waals surface area (Å²) in [5, 5.41) is 11.6. The molecular formula is C13H12FN3O3. The Balaban J connectivity index is 2.32. The number of carbonyl (C=O) groups is 1. The van der Waals surface area contributed by atoms with Crippen LogP contribution in [-0.2, 0) is 0 Å². The fraction of sp³-hybridized carbons (Fsp3) is 0.0769. The first-order valence-corrected chi connectivity index (χ1v) is 5.61. The molecule has 0 aliphatic rings. The van der Waals surface area contributed by atoms with E-state index in [0.717, 1.165) is 0 Å². The van der Waals surface area contributed by atoms with E-state index in [1.807, 2.05) is 0 Å². The second-order valence-corrected chi connectivity index (χ2v) is 3.91. The lowest BCUT2D eigenvalue weighted by Crippen LogP contribution is -2.06. The first-order valence-electron chi connectivity index (χ1n) is 5.61. The van der Waals surface area contributed by atoms with Crippen molar-refractivity contribution >= 4 is 23.2 Å². The van der Waals surface area contributed by atoms with E-state index in [4.69, 9.17) is 15.6 Å². The molecule has 0 saturated carbocycles. The number of aromatic carboxylic acids is 1. The van der Waals surface area contributed by atoms with Crippen molar-refractivity contribution in [2.75, 3.05) is 18.2 Å². The van der Waals surface area contributed by atoms with Gasteiger partial charge in [0.1, 0.15) is 0 Å². The number of halogens is 1. The van der Waals surface area contributed by atoms with Crippen LogP contribution in [0.25, 0.3) is 0 Å². The third-order valence-electron chi connectivity index (χ3n) is 2.56. The van der Waals surface area contributed by atoms with Crippen LogP contribution in [-0.4, -0.2) is 23.2 Å². The van der Waals surface area contributed by atoms with Crippen LogP contribution >= 0.6 is 0 Å². The number of nitrogens with two attached hydrogens (primary N) is 1. The number of methoxy groups -OCH3 is 1. The van der Waals surface area contributed by atoms with E-state index in [9.17, 15) is 9.18 Å². The molecule has 4 N–H and O–H groups in total. The maximum atomic E-state index is 13.6. The van der Waals surface area contributed by atoms with Gasteiger partial charge in [0.05, 0.1) is 12.8 Å². The Morgan fingerprint density at radius 2 is 2.15 bits per heavy atom. The summed E-state index contributed by atoms with van der Waals surface area (Å²) in [6, 6.07) is 6.91. The highest BCUT2D eigenvalue weighted by Crippen LogP contribution is 2.25. The average Bonchev–Trinajstić information content (AvgIpc) is 2.41. The monoisotopic (exact) mass is 277 g/mol. The molecule has 104 valence electrons. The third kappa shape index (κ3) is 2.77. The van der Waals surface area contributed by atoms with Crippen LogP contribution in [0.1, 0.15) is 10.5 Å². The molecule has 0 bridgehead atoms. The summed E-state index contributed by atoms with van der Waals surface area (Å²) in [4.78, 5) is 14.7. The Bertz CT molecular complexity index is 661. The summed E-state index contributed by atoms with van der Waals surface area (Å²) in [6.07, 6.45) is 0. The van der Waals surface area contributed by atoms with Gasteiger partial charge in [0, 0.05) is 11.8 Å². The molecule has 0 saturated heterocycles. The van der Waals surface area contributed by atoms with Gasteiger partial charge in [0.2, 0.25) is 0 Å². The minimum Gasteiger partial charge on any atom is -0.494 e. The van der Waals surface area contributed by atoms with Gasteiger partial charge in [-0.2, -0.15) is 0 Å². The second kappa shape index (κ2) is 5.43. The number of nitrogens with one attached hydrogen (secondary N) is 1. The van der Waals surface area contributed by atoms with E-state index < -0.39 is 11.8 Å². The lowest BCUT2D eigenvalue weighted by Gasteiger charge is -2.10. The summed E-state index contributed by atoms with van der Waals surface area (Å²) >= 11 is 0. The van der Waals surface area contributed by atoms with E-state index in [2.05, 4.69) is 10.3 Å². The molecular weight excluding hydrogens is 265 g/mol. The minimum atomic E-state index is -1.17. The molecule has 6 nitrogen and oxygen atoms in total. The van der Waals surface area contributed by atoms with Gasteiger partial charge in [0.15, 0.2) is 23.1 Å². The van der Waals surface area contributed by atoms with Crippen LogP contribution in [0.4, 0.5) is 21.6 Å². The molecule has 20 heavy (non-hydrogen) atoms. The molecule has 0 spiro atoms. The maximum Gasteiger partial charge on any atom is 0.354 e. The predicted molar refractivity (Wildman–Crippen MR) is 71.8 cm³/mol. The van der Waals surface area contributed by atoms with Crippen molar-refractivity contribution in [3.63, 3.8) is 0 Å². The lowest BCUT2D eigenvalue weighted by atomic mass is 10.2. The SMILES string of the molecule is COc1ccc(Nc2nc(C(=O)O)ccc2N)cc1F. The van der Waals surface area contributed by atoms with Crippen molar-refractivity contribution in [2.24, 2.45) is 0 Å². The van der Waals surface area contributed by atoms with Gasteiger partial charge in [-0.1, -0.05) is 0 Å². The Morgan fingerprint density at radius 3 is 2.75 bits per heavy atom. The molecule has 0 radical (unpaired) electrons. The number of pyridine rings is 1. The van der Waals surface area contributed by atoms with Crippen LogP contribution in [0.2, 0.25) is 0 Å². The molecule has 2 rings (SSSR count). The summed E-state index contributed by atoms with van der Waals surface area (Å²) < 4.78 is 18.4. The van der Waals surface area contributed by atoms with Gasteiger partial charge in [0.25, 0.3) is 0 Å². The standard InChI is InChI=1S/C13H12FN3O3/c1-20-11-5-2-7(6-8(11)14)16-12-9(15)3-4-10(17-12)13(18)19/h2-6H,15H2,1H3,(H,16,17)(H,18,19). The van der Waals surface area contributed by atoms with Crippen LogP contribution in [0.15, 0.2) is 30.3 Å². The first kappa shape index (κ1) is 13.6. The Morgan fingerprint density at radius 1 is 1.40 bits per heavy atom. The van der Waals surface area contributed by atoms with E-state index in [-0.39, 0.29) is 22.9 Å². The highest BCUT2D eigenvalue weighted by molar-refractivity contribution is 5.87. The topological polar surface area (TPSA) is 97.5 Å². The van der Waals surface area contributed by atoms with Gasteiger partial charge >= 0.3 is 5.97 Å². The lowest BCUT2D eigenvalue weighted by molar-refractivity contribution is 0.0690. The fourth-order valence-electron chi connectivity index (χ4n) is 1.57. The first-order chi connectivity index (χ1) is 9.51. The van der Waals surface area contributed by atoms with Crippen LogP contribution in [0.3, 0.4) is 0 Å². The summed E-state index contributed by atoms with van der Waals surface area (Å²) in [5.74, 6) is -1.47. The van der Waals surface area contributed by atoms with Crippen molar-refractivity contribution in [3.8, 4) is 5.75 Å². The highest BCUT2D eigenvalue weighted by Gasteiger charge is 2.10. The maximum absolute atomic E-state index is 13.6. The molecule has 0 aliphatic carbocycles. The zero-order valence-corrected chi connectivity index (χ0v) is 10.6. The number of benzene rings is 1. The summed E-state index contributed by atoms with van der Waals surface area (Å²) in [7, 11) is 1.36. The van der Waals surface area contributed by atoms with Crippen molar-refractivity contribution < 1.29 is 19.0 Å². The quantitative estimate of drug-likeness (QED) is 0.793. The third-order valence-corrected chi connectivity index (χ3v) is 2.56. The number of hydrogen-bond acceptors (Lipinski definition) is 5. The number of nitrogens with zero attached hydrogens (tertiary/aromatic N) is 1. The summed E-state index contributed by atoms with van der Waals surface area (Å²) in [6.45, 7) is 0. The number of hydrogen-bond donors (Lipinski definition) is 3. The van der Waals surface area contributed by atoms with Crippen molar-refractivity contribution in [1.29, 1.82) is 0 Å². The number of rotatable bonds is 4. The van der Waals surface area contributed by atoms with Crippen LogP contribution < -0.4 is 15.8 Å². The van der Waals surface area contributed by atoms with Gasteiger partial charge in [-0.3, -0.25) is 0 Å². The Kier molecular flexibility index (Phi) is 3.69. The van der Waals surface area contributed by atoms with Gasteiger partial charge < -0.3 is 20.9 Å². The van der Waals surface area contributed by atoms with E-state index >= 15 is 0 Å². The second-order valence-electron chi connectivity index (χ2n) is 3.91. The number of anilines is 3. The van der Waals surface area contributed by atoms with Gasteiger partial charge in [-0.25, -0.2) is 14.2 Å². The molecule has 0 atom stereocenters. The Hall–Kier alpha value is -2.83. The molecule has 0 unspecified atom stereocenters. The number of nitrogen functional groups attached to an aromatic ring is 1. The Labute approximate surface area is 114 Å². The molecule has 1 heterocycles. The van der Waals surface area contributed by atoms with Gasteiger partial charge in [-0.05, 0) is 24.3 Å². The summed E-state index contributed by atoms with van der Waals surface area (Å²) in [5.41, 5.74) is 6.17. The molecule has 1 aromatic heterocycles. The van der Waals surface area contributed by atoms with Crippen LogP contribution in [0.5, 0.6) is 5.75 Å². The highest BCUT2D eigenvalue weighted by atomic mass is 19.1. The zero-order valence-electron chi connectivity index (χ0n) is 10.6. The fourth-order valence-corrected chi connectivity index (χ4v) is 1.57. The van der Waals surface area contributed by atoms with Crippen molar-refractivity contribution in [2.45, 2.75) is 0 Å². The molecule has 1 aromatic carbocycles. The average molecular weight is 277 g/mol. The van der Waals surface area contributed by atoms with E-state index in [1.54, 1.807) is 6.07 Å². The number of carboxylic acids is 1. The predicted octanol–water partition coefficient (Wildman–Crippen LogP) is 2.25. The molecule has 7 heteroatoms. The molecule has 0 fully saturated rings. The number of aromatic nitrogens is 1. The van der Waals surface area contributed by atoms with Crippen molar-refractivity contribution in [3.05, 3.63) is 41.8 Å². The number of ether oxygens (including phenoxy) is 1. The molecule has 0 amide bonds. The molecule has 0 aliphatic heterocycles. The van der Waals surface area contributed by atoms with E-state index in [1.165, 1.54) is 31.4 Å². The van der Waals surface area contributed by atoms with E-state index in [0.29, 0.717) is 5.69 Å². The zero-order chi connectivity index (χ0) is 14.7. The number of carboxylic acid groups (broad SMARTS) is 1. The largest absolute Gasteiger partial charge is 0.494 e. The van der Waals surface area contributed by atoms with Crippen molar-refractivity contribution in [1.82, 2.24) is 4.98 Å². The molecule has 2 aromatic rings. The van der Waals surface area contributed by atoms with Gasteiger partial charge in [-0.15, -0.1) is 0 Å². The normalized spacial score (nSPS) is 10.1. The minimum absolute atomic E-state index is 0.107. The van der Waals surface area contributed by atoms with Crippen LogP contribution in [0, 0.1) is 5.82 Å². The smallest absolute Gasteiger partial charge is 0.354 e.